The SMILES string of the molecule is Cc1nn(C)c2ncc(C(=O)OCCOc3ccc(S(N)(=O)=O)cc3)cc12. The average Bonchev–Trinajstić information content (AvgIpc) is 2.92. The molecule has 10 heteroatoms. The number of fused-ring (bicyclic) bond motifs is 1. The molecule has 2 heterocycles. The molecule has 0 amide bonds. The number of aryl methyl sites for hydroxylation is 2. The standard InChI is InChI=1S/C17H18N4O5S/c1-11-15-9-12(10-19-16(15)21(2)20-11)17(22)26-8-7-25-13-3-5-14(6-4-13)27(18,23)24/h3-6,9-10H,7-8H2,1-2H3,(H2,18,23,24). The van der Waals surface area contributed by atoms with Gasteiger partial charge in [0, 0.05) is 18.6 Å². The number of rotatable bonds is 6. The van der Waals surface area contributed by atoms with Gasteiger partial charge < -0.3 is 9.47 Å². The number of hydrogen-bond acceptors (Lipinski definition) is 7. The maximum atomic E-state index is 12.1. The molecule has 2 aromatic heterocycles. The summed E-state index contributed by atoms with van der Waals surface area (Å²) < 4.78 is 34.6. The van der Waals surface area contributed by atoms with E-state index in [1.54, 1.807) is 17.8 Å². The molecule has 2 N–H and O–H groups in total. The summed E-state index contributed by atoms with van der Waals surface area (Å²) in [5.74, 6) is -0.0756. The Morgan fingerprint density at radius 1 is 1.22 bits per heavy atom. The fraction of sp³-hybridized carbons (Fsp3) is 0.235. The van der Waals surface area contributed by atoms with Crippen LogP contribution in [0.4, 0.5) is 0 Å². The number of primary sulfonamides is 1. The minimum absolute atomic E-state index is 0.00475. The summed E-state index contributed by atoms with van der Waals surface area (Å²) in [5, 5.41) is 10.1. The van der Waals surface area contributed by atoms with E-state index in [-0.39, 0.29) is 18.1 Å². The van der Waals surface area contributed by atoms with E-state index in [1.165, 1.54) is 30.5 Å². The van der Waals surface area contributed by atoms with Crippen LogP contribution < -0.4 is 9.88 Å². The lowest BCUT2D eigenvalue weighted by atomic mass is 10.2. The molecule has 0 aliphatic carbocycles. The Bertz CT molecular complexity index is 1090. The number of aromatic nitrogens is 3. The van der Waals surface area contributed by atoms with Crippen LogP contribution in [0.15, 0.2) is 41.4 Å². The van der Waals surface area contributed by atoms with Crippen molar-refractivity contribution in [3.8, 4) is 5.75 Å². The van der Waals surface area contributed by atoms with Crippen molar-refractivity contribution < 1.29 is 22.7 Å². The molecule has 0 saturated carbocycles. The van der Waals surface area contributed by atoms with Gasteiger partial charge in [0.05, 0.1) is 16.2 Å². The lowest BCUT2D eigenvalue weighted by Gasteiger charge is -2.08. The number of nitrogens with zero attached hydrogens (tertiary/aromatic N) is 3. The van der Waals surface area contributed by atoms with E-state index in [4.69, 9.17) is 14.6 Å². The third kappa shape index (κ3) is 4.23. The van der Waals surface area contributed by atoms with Crippen LogP contribution in [0.25, 0.3) is 11.0 Å². The van der Waals surface area contributed by atoms with Crippen molar-refractivity contribution in [2.45, 2.75) is 11.8 Å². The van der Waals surface area contributed by atoms with Crippen LogP contribution in [0.5, 0.6) is 5.75 Å². The van der Waals surface area contributed by atoms with Gasteiger partial charge in [-0.2, -0.15) is 5.10 Å². The molecule has 0 aliphatic rings. The number of ether oxygens (including phenoxy) is 2. The molecular formula is C17H18N4O5S. The van der Waals surface area contributed by atoms with Gasteiger partial charge in [0.2, 0.25) is 10.0 Å². The summed E-state index contributed by atoms with van der Waals surface area (Å²) in [6.45, 7) is 1.98. The number of pyridine rings is 1. The number of carbonyl (C=O) groups excluding carboxylic acids is 1. The Kier molecular flexibility index (Phi) is 5.10. The van der Waals surface area contributed by atoms with Crippen LogP contribution in [0.3, 0.4) is 0 Å². The highest BCUT2D eigenvalue weighted by Crippen LogP contribution is 2.17. The monoisotopic (exact) mass is 390 g/mol. The number of carbonyl (C=O) groups is 1. The van der Waals surface area contributed by atoms with E-state index in [0.717, 1.165) is 11.1 Å². The maximum Gasteiger partial charge on any atom is 0.339 e. The third-order valence-corrected chi connectivity index (χ3v) is 4.77. The smallest absolute Gasteiger partial charge is 0.339 e. The van der Waals surface area contributed by atoms with Gasteiger partial charge in [0.15, 0.2) is 5.65 Å². The van der Waals surface area contributed by atoms with Gasteiger partial charge in [-0.25, -0.2) is 23.3 Å². The largest absolute Gasteiger partial charge is 0.490 e. The molecule has 3 rings (SSSR count). The van der Waals surface area contributed by atoms with Crippen molar-refractivity contribution in [3.63, 3.8) is 0 Å². The van der Waals surface area contributed by atoms with Crippen molar-refractivity contribution >= 4 is 27.0 Å². The molecule has 9 nitrogen and oxygen atoms in total. The van der Waals surface area contributed by atoms with E-state index in [0.29, 0.717) is 17.0 Å². The number of esters is 1. The van der Waals surface area contributed by atoms with Crippen LogP contribution in [0.1, 0.15) is 16.1 Å². The molecule has 0 aliphatic heterocycles. The lowest BCUT2D eigenvalue weighted by Crippen LogP contribution is -2.13. The molecule has 0 unspecified atom stereocenters. The quantitative estimate of drug-likeness (QED) is 0.494. The summed E-state index contributed by atoms with van der Waals surface area (Å²) in [5.41, 5.74) is 1.80. The van der Waals surface area contributed by atoms with E-state index in [2.05, 4.69) is 10.1 Å². The molecule has 0 radical (unpaired) electrons. The molecule has 0 saturated heterocycles. The first kappa shape index (κ1) is 18.8. The lowest BCUT2D eigenvalue weighted by molar-refractivity contribution is 0.0450. The second-order valence-corrected chi connectivity index (χ2v) is 7.37. The molecule has 0 fully saturated rings. The molecule has 0 spiro atoms. The second kappa shape index (κ2) is 7.33. The van der Waals surface area contributed by atoms with Gasteiger partial charge in [0.1, 0.15) is 19.0 Å². The van der Waals surface area contributed by atoms with Gasteiger partial charge in [0.25, 0.3) is 0 Å². The molecule has 142 valence electrons. The predicted octanol–water partition coefficient (Wildman–Crippen LogP) is 1.16. The topological polar surface area (TPSA) is 126 Å². The summed E-state index contributed by atoms with van der Waals surface area (Å²) in [6.07, 6.45) is 1.44. The zero-order chi connectivity index (χ0) is 19.6. The zero-order valence-electron chi connectivity index (χ0n) is 14.7. The van der Waals surface area contributed by atoms with Crippen molar-refractivity contribution in [3.05, 3.63) is 47.8 Å². The van der Waals surface area contributed by atoms with Gasteiger partial charge in [-0.3, -0.25) is 4.68 Å². The highest BCUT2D eigenvalue weighted by atomic mass is 32.2. The fourth-order valence-electron chi connectivity index (χ4n) is 2.52. The number of nitrogens with two attached hydrogens (primary N) is 1. The van der Waals surface area contributed by atoms with Crippen molar-refractivity contribution in [1.82, 2.24) is 14.8 Å². The summed E-state index contributed by atoms with van der Waals surface area (Å²) >= 11 is 0. The summed E-state index contributed by atoms with van der Waals surface area (Å²) in [7, 11) is -1.96. The van der Waals surface area contributed by atoms with Crippen molar-refractivity contribution in [2.24, 2.45) is 12.2 Å². The Labute approximate surface area is 155 Å². The van der Waals surface area contributed by atoms with E-state index < -0.39 is 16.0 Å². The first-order chi connectivity index (χ1) is 12.8. The highest BCUT2D eigenvalue weighted by molar-refractivity contribution is 7.89. The van der Waals surface area contributed by atoms with Crippen molar-refractivity contribution in [2.75, 3.05) is 13.2 Å². The maximum absolute atomic E-state index is 12.1. The molecule has 1 aromatic carbocycles. The van der Waals surface area contributed by atoms with Crippen molar-refractivity contribution in [1.29, 1.82) is 0 Å². The third-order valence-electron chi connectivity index (χ3n) is 3.84. The van der Waals surface area contributed by atoms with E-state index in [9.17, 15) is 13.2 Å². The Morgan fingerprint density at radius 3 is 2.59 bits per heavy atom. The van der Waals surface area contributed by atoms with Gasteiger partial charge in [-0.05, 0) is 37.3 Å². The zero-order valence-corrected chi connectivity index (χ0v) is 15.6. The summed E-state index contributed by atoms with van der Waals surface area (Å²) in [4.78, 5) is 16.4. The van der Waals surface area contributed by atoms with Gasteiger partial charge >= 0.3 is 5.97 Å². The summed E-state index contributed by atoms with van der Waals surface area (Å²) in [6, 6.07) is 7.33. The number of hydrogen-bond donors (Lipinski definition) is 1. The predicted molar refractivity (Wildman–Crippen MR) is 96.8 cm³/mol. The average molecular weight is 390 g/mol. The molecule has 0 atom stereocenters. The number of sulfonamides is 1. The Hall–Kier alpha value is -2.98. The van der Waals surface area contributed by atoms with Gasteiger partial charge in [-0.1, -0.05) is 0 Å². The van der Waals surface area contributed by atoms with Crippen LogP contribution in [0.2, 0.25) is 0 Å². The molecule has 27 heavy (non-hydrogen) atoms. The fourth-order valence-corrected chi connectivity index (χ4v) is 3.04. The van der Waals surface area contributed by atoms with Gasteiger partial charge in [-0.15, -0.1) is 0 Å². The van der Waals surface area contributed by atoms with Crippen LogP contribution in [-0.4, -0.2) is 42.4 Å². The molecular weight excluding hydrogens is 372 g/mol. The first-order valence-corrected chi connectivity index (χ1v) is 9.52. The highest BCUT2D eigenvalue weighted by Gasteiger charge is 2.13. The minimum Gasteiger partial charge on any atom is -0.490 e. The van der Waals surface area contributed by atoms with E-state index in [1.807, 2.05) is 6.92 Å². The molecule has 3 aromatic rings. The first-order valence-electron chi connectivity index (χ1n) is 7.98. The normalized spacial score (nSPS) is 11.5. The van der Waals surface area contributed by atoms with Crippen LogP contribution >= 0.6 is 0 Å². The van der Waals surface area contributed by atoms with E-state index >= 15 is 0 Å². The van der Waals surface area contributed by atoms with Crippen LogP contribution in [-0.2, 0) is 21.8 Å². The Morgan fingerprint density at radius 2 is 1.93 bits per heavy atom. The number of benzene rings is 1. The molecule has 0 bridgehead atoms. The minimum atomic E-state index is -3.74. The van der Waals surface area contributed by atoms with Crippen LogP contribution in [0, 0.1) is 6.92 Å². The Balaban J connectivity index is 1.54. The second-order valence-electron chi connectivity index (χ2n) is 5.80.